The molecule has 1 saturated heterocycles. The Kier molecular flexibility index (Phi) is 3.79. The van der Waals surface area contributed by atoms with Crippen molar-refractivity contribution in [2.75, 3.05) is 0 Å². The van der Waals surface area contributed by atoms with E-state index in [9.17, 15) is 12.8 Å². The van der Waals surface area contributed by atoms with Crippen molar-refractivity contribution in [3.63, 3.8) is 0 Å². The Morgan fingerprint density at radius 3 is 2.19 bits per heavy atom. The molecule has 1 fully saturated rings. The fraction of sp³-hybridized carbons (Fsp3) is 0.200. The van der Waals surface area contributed by atoms with Crippen LogP contribution >= 0.6 is 22.6 Å². The third-order valence-electron chi connectivity index (χ3n) is 3.50. The first kappa shape index (κ1) is 14.9. The van der Waals surface area contributed by atoms with Gasteiger partial charge in [-0.2, -0.15) is 4.31 Å². The van der Waals surface area contributed by atoms with Gasteiger partial charge in [-0.05, 0) is 36.8 Å². The summed E-state index contributed by atoms with van der Waals surface area (Å²) in [6.45, 7) is 1.91. The van der Waals surface area contributed by atoms with E-state index < -0.39 is 10.0 Å². The third-order valence-corrected chi connectivity index (χ3v) is 7.03. The first-order valence-electron chi connectivity index (χ1n) is 6.41. The molecule has 0 N–H and O–H groups in total. The molecule has 0 saturated carbocycles. The summed E-state index contributed by atoms with van der Waals surface area (Å²) in [7, 11) is -3.51. The van der Waals surface area contributed by atoms with E-state index in [-0.39, 0.29) is 15.9 Å². The van der Waals surface area contributed by atoms with Crippen LogP contribution in [0.4, 0.5) is 4.39 Å². The fourth-order valence-electron chi connectivity index (χ4n) is 2.26. The summed E-state index contributed by atoms with van der Waals surface area (Å²) < 4.78 is 39.5. The molecule has 1 aliphatic heterocycles. The summed E-state index contributed by atoms with van der Waals surface area (Å²) >= 11 is 2.10. The minimum absolute atomic E-state index is 0.139. The molecule has 6 heteroatoms. The lowest BCUT2D eigenvalue weighted by atomic mass is 10.2. The second-order valence-electron chi connectivity index (χ2n) is 5.02. The number of nitrogens with zero attached hydrogens (tertiary/aromatic N) is 1. The molecule has 3 nitrogen and oxygen atoms in total. The van der Waals surface area contributed by atoms with Crippen molar-refractivity contribution < 1.29 is 12.8 Å². The molecule has 1 aliphatic rings. The Labute approximate surface area is 137 Å². The Balaban J connectivity index is 1.91. The monoisotopic (exact) mass is 417 g/mol. The van der Waals surface area contributed by atoms with Crippen molar-refractivity contribution in [1.29, 1.82) is 0 Å². The zero-order chi connectivity index (χ0) is 15.2. The maximum Gasteiger partial charge on any atom is 0.244 e. The van der Waals surface area contributed by atoms with Crippen LogP contribution in [0.15, 0.2) is 53.4 Å². The zero-order valence-corrected chi connectivity index (χ0v) is 14.2. The highest BCUT2D eigenvalue weighted by Gasteiger charge is 2.54. The smallest absolute Gasteiger partial charge is 0.207 e. The maximum atomic E-state index is 13.0. The summed E-state index contributed by atoms with van der Waals surface area (Å²) in [4.78, 5) is 0.291. The Bertz CT molecular complexity index is 759. The predicted octanol–water partition coefficient (Wildman–Crippen LogP) is 3.64. The van der Waals surface area contributed by atoms with Gasteiger partial charge < -0.3 is 0 Å². The van der Waals surface area contributed by atoms with E-state index in [0.717, 1.165) is 11.1 Å². The van der Waals surface area contributed by atoms with E-state index in [1.54, 1.807) is 36.4 Å². The fourth-order valence-corrected chi connectivity index (χ4v) is 5.89. The highest BCUT2D eigenvalue weighted by molar-refractivity contribution is 14.1. The molecule has 0 radical (unpaired) electrons. The molecule has 0 amide bonds. The largest absolute Gasteiger partial charge is 0.244 e. The number of halogens is 2. The molecule has 3 atom stereocenters. The Morgan fingerprint density at radius 2 is 1.62 bits per heavy atom. The standard InChI is InChI=1S/C15H13FINO2S/c1-10-2-8-13(9-3-10)21(19,20)18-14(15(18)17)11-4-6-12(16)7-5-11/h2-9,14-15H,1H3/t14-,15-,18?/m1/s1. The Morgan fingerprint density at radius 1 is 1.05 bits per heavy atom. The van der Waals surface area contributed by atoms with Crippen molar-refractivity contribution in [3.8, 4) is 0 Å². The molecule has 2 aromatic rings. The minimum Gasteiger partial charge on any atom is -0.207 e. The molecule has 3 rings (SSSR count). The van der Waals surface area contributed by atoms with Gasteiger partial charge in [0.15, 0.2) is 0 Å². The van der Waals surface area contributed by atoms with Gasteiger partial charge in [0, 0.05) is 0 Å². The van der Waals surface area contributed by atoms with Gasteiger partial charge in [0.1, 0.15) is 5.82 Å². The summed E-state index contributed by atoms with van der Waals surface area (Å²) in [5, 5.41) is 0. The zero-order valence-electron chi connectivity index (χ0n) is 11.2. The van der Waals surface area contributed by atoms with Gasteiger partial charge in [0.2, 0.25) is 10.0 Å². The number of aryl methyl sites for hydroxylation is 1. The molecule has 21 heavy (non-hydrogen) atoms. The molecule has 0 bridgehead atoms. The summed E-state index contributed by atoms with van der Waals surface area (Å²) in [6.07, 6.45) is 0. The van der Waals surface area contributed by atoms with Gasteiger partial charge in [-0.1, -0.05) is 52.4 Å². The van der Waals surface area contributed by atoms with Crippen molar-refractivity contribution in [2.45, 2.75) is 21.9 Å². The van der Waals surface area contributed by atoms with Gasteiger partial charge in [0.05, 0.1) is 15.0 Å². The van der Waals surface area contributed by atoms with Gasteiger partial charge in [0.25, 0.3) is 0 Å². The van der Waals surface area contributed by atoms with Crippen LogP contribution in [0.2, 0.25) is 0 Å². The second-order valence-corrected chi connectivity index (χ2v) is 8.14. The van der Waals surface area contributed by atoms with Gasteiger partial charge >= 0.3 is 0 Å². The molecular weight excluding hydrogens is 404 g/mol. The number of alkyl halides is 1. The topological polar surface area (TPSA) is 37.1 Å². The average Bonchev–Trinajstić information content (AvgIpc) is 3.12. The van der Waals surface area contributed by atoms with Crippen LogP contribution in [0.1, 0.15) is 17.2 Å². The number of hydrogen-bond donors (Lipinski definition) is 0. The van der Waals surface area contributed by atoms with E-state index >= 15 is 0 Å². The summed E-state index contributed by atoms with van der Waals surface area (Å²) in [6, 6.07) is 12.6. The molecule has 2 aromatic carbocycles. The van der Waals surface area contributed by atoms with E-state index in [1.165, 1.54) is 16.4 Å². The molecular formula is C15H13FINO2S. The SMILES string of the molecule is Cc1ccc(S(=O)(=O)N2[C@H](c3ccc(F)cc3)[C@@H]2I)cc1. The number of rotatable bonds is 3. The summed E-state index contributed by atoms with van der Waals surface area (Å²) in [5.41, 5.74) is 1.83. The van der Waals surface area contributed by atoms with E-state index in [0.29, 0.717) is 4.90 Å². The average molecular weight is 417 g/mol. The van der Waals surface area contributed by atoms with E-state index in [4.69, 9.17) is 0 Å². The summed E-state index contributed by atoms with van der Waals surface area (Å²) in [5.74, 6) is -0.322. The van der Waals surface area contributed by atoms with Crippen LogP contribution < -0.4 is 0 Å². The molecule has 0 aromatic heterocycles. The maximum absolute atomic E-state index is 13.0. The van der Waals surface area contributed by atoms with Crippen LogP contribution in [0.25, 0.3) is 0 Å². The number of sulfonamides is 1. The third kappa shape index (κ3) is 2.72. The molecule has 1 unspecified atom stereocenters. The number of benzene rings is 2. The molecule has 0 spiro atoms. The van der Waals surface area contributed by atoms with Crippen molar-refractivity contribution in [3.05, 3.63) is 65.5 Å². The lowest BCUT2D eigenvalue weighted by Crippen LogP contribution is -2.13. The lowest BCUT2D eigenvalue weighted by molar-refractivity contribution is 0.553. The van der Waals surface area contributed by atoms with Crippen LogP contribution in [0, 0.1) is 12.7 Å². The van der Waals surface area contributed by atoms with Gasteiger partial charge in [-0.25, -0.2) is 12.8 Å². The van der Waals surface area contributed by atoms with Crippen molar-refractivity contribution in [2.24, 2.45) is 0 Å². The second kappa shape index (κ2) is 5.33. The predicted molar refractivity (Wildman–Crippen MR) is 87.2 cm³/mol. The normalized spacial score (nSPS) is 24.8. The quantitative estimate of drug-likeness (QED) is 0.331. The highest BCUT2D eigenvalue weighted by Crippen LogP contribution is 2.51. The molecule has 110 valence electrons. The first-order chi connectivity index (χ1) is 9.91. The van der Waals surface area contributed by atoms with Gasteiger partial charge in [-0.15, -0.1) is 0 Å². The number of hydrogen-bond acceptors (Lipinski definition) is 2. The minimum atomic E-state index is -3.51. The van der Waals surface area contributed by atoms with E-state index in [1.807, 2.05) is 6.92 Å². The van der Waals surface area contributed by atoms with Crippen LogP contribution in [-0.4, -0.2) is 16.8 Å². The van der Waals surface area contributed by atoms with Crippen molar-refractivity contribution >= 4 is 32.6 Å². The highest BCUT2D eigenvalue weighted by atomic mass is 127. The van der Waals surface area contributed by atoms with Crippen molar-refractivity contribution in [1.82, 2.24) is 4.31 Å². The first-order valence-corrected chi connectivity index (χ1v) is 9.09. The Hall–Kier alpha value is -0.990. The molecule has 1 heterocycles. The van der Waals surface area contributed by atoms with Crippen LogP contribution in [0.5, 0.6) is 0 Å². The van der Waals surface area contributed by atoms with E-state index in [2.05, 4.69) is 22.6 Å². The van der Waals surface area contributed by atoms with Crippen LogP contribution in [0.3, 0.4) is 0 Å². The van der Waals surface area contributed by atoms with Gasteiger partial charge in [-0.3, -0.25) is 0 Å². The van der Waals surface area contributed by atoms with Crippen LogP contribution in [-0.2, 0) is 10.0 Å². The lowest BCUT2D eigenvalue weighted by Gasteiger charge is -2.06. The molecule has 0 aliphatic carbocycles.